The third kappa shape index (κ3) is 2.02. The molecule has 0 spiro atoms. The second-order valence-corrected chi connectivity index (χ2v) is 5.32. The normalized spacial score (nSPS) is 11.4. The average Bonchev–Trinajstić information content (AvgIpc) is 2.83. The summed E-state index contributed by atoms with van der Waals surface area (Å²) in [6, 6.07) is 7.40. The van der Waals surface area contributed by atoms with E-state index >= 15 is 0 Å². The van der Waals surface area contributed by atoms with Crippen molar-refractivity contribution in [1.82, 2.24) is 9.97 Å². The lowest BCUT2D eigenvalue weighted by Gasteiger charge is -2.07. The Morgan fingerprint density at radius 3 is 2.85 bits per heavy atom. The molecule has 1 N–H and O–H groups in total. The summed E-state index contributed by atoms with van der Waals surface area (Å²) >= 11 is 6.11. The number of furan rings is 1. The van der Waals surface area contributed by atoms with Crippen molar-refractivity contribution in [3.63, 3.8) is 0 Å². The highest BCUT2D eigenvalue weighted by Gasteiger charge is 2.18. The van der Waals surface area contributed by atoms with Crippen LogP contribution in [0.5, 0.6) is 0 Å². The van der Waals surface area contributed by atoms with Crippen molar-refractivity contribution in [2.24, 2.45) is 0 Å². The summed E-state index contributed by atoms with van der Waals surface area (Å²) in [6.45, 7) is 3.90. The van der Waals surface area contributed by atoms with Crippen molar-refractivity contribution in [3.8, 4) is 11.5 Å². The first-order chi connectivity index (χ1) is 9.58. The van der Waals surface area contributed by atoms with Gasteiger partial charge in [-0.15, -0.1) is 0 Å². The molecule has 0 aliphatic heterocycles. The maximum absolute atomic E-state index is 12.0. The Balaban J connectivity index is 2.29. The average molecular weight is 289 g/mol. The van der Waals surface area contributed by atoms with Crippen LogP contribution in [0, 0.1) is 0 Å². The molecule has 0 unspecified atom stereocenters. The molecule has 3 aromatic rings. The van der Waals surface area contributed by atoms with Gasteiger partial charge in [0.25, 0.3) is 5.56 Å². The molecule has 20 heavy (non-hydrogen) atoms. The number of nitrogens with one attached hydrogen (secondary N) is 1. The van der Waals surface area contributed by atoms with Gasteiger partial charge in [-0.2, -0.15) is 0 Å². The molecule has 0 aliphatic rings. The number of hydrogen-bond donors (Lipinski definition) is 1. The van der Waals surface area contributed by atoms with Gasteiger partial charge < -0.3 is 9.40 Å². The van der Waals surface area contributed by atoms with Crippen LogP contribution < -0.4 is 5.56 Å². The number of fused-ring (bicyclic) bond motifs is 1. The van der Waals surface area contributed by atoms with Crippen molar-refractivity contribution >= 4 is 22.6 Å². The molecule has 0 fully saturated rings. The molecule has 102 valence electrons. The molecule has 4 nitrogen and oxygen atoms in total. The molecule has 0 saturated carbocycles. The summed E-state index contributed by atoms with van der Waals surface area (Å²) in [5.41, 5.74) is 1.65. The lowest BCUT2D eigenvalue weighted by atomic mass is 10.0. The van der Waals surface area contributed by atoms with E-state index < -0.39 is 0 Å². The summed E-state index contributed by atoms with van der Waals surface area (Å²) in [7, 11) is 0. The van der Waals surface area contributed by atoms with Crippen molar-refractivity contribution in [1.29, 1.82) is 0 Å². The van der Waals surface area contributed by atoms with Gasteiger partial charge in [0.2, 0.25) is 0 Å². The van der Waals surface area contributed by atoms with E-state index in [2.05, 4.69) is 9.97 Å². The van der Waals surface area contributed by atoms with Crippen LogP contribution in [0.15, 0.2) is 39.8 Å². The highest BCUT2D eigenvalue weighted by molar-refractivity contribution is 6.34. The van der Waals surface area contributed by atoms with E-state index in [0.29, 0.717) is 27.6 Å². The molecule has 0 atom stereocenters. The van der Waals surface area contributed by atoms with Gasteiger partial charge in [-0.1, -0.05) is 37.6 Å². The van der Waals surface area contributed by atoms with E-state index in [-0.39, 0.29) is 11.5 Å². The van der Waals surface area contributed by atoms with Gasteiger partial charge in [-0.05, 0) is 18.1 Å². The maximum atomic E-state index is 12.0. The van der Waals surface area contributed by atoms with E-state index in [4.69, 9.17) is 16.0 Å². The van der Waals surface area contributed by atoms with Crippen LogP contribution in [-0.2, 0) is 0 Å². The molecular formula is C15H13ClN2O2. The predicted molar refractivity (Wildman–Crippen MR) is 79.2 cm³/mol. The van der Waals surface area contributed by atoms with Crippen LogP contribution in [0.1, 0.15) is 25.3 Å². The van der Waals surface area contributed by atoms with Crippen LogP contribution in [0.3, 0.4) is 0 Å². The monoisotopic (exact) mass is 288 g/mol. The summed E-state index contributed by atoms with van der Waals surface area (Å²) in [6.07, 6.45) is 1.39. The zero-order chi connectivity index (χ0) is 14.3. The quantitative estimate of drug-likeness (QED) is 0.776. The topological polar surface area (TPSA) is 58.9 Å². The smallest absolute Gasteiger partial charge is 0.254 e. The largest absolute Gasteiger partial charge is 0.453 e. The van der Waals surface area contributed by atoms with Gasteiger partial charge >= 0.3 is 0 Å². The predicted octanol–water partition coefficient (Wildman–Crippen LogP) is 3.96. The van der Waals surface area contributed by atoms with Crippen LogP contribution >= 0.6 is 11.6 Å². The minimum Gasteiger partial charge on any atom is -0.453 e. The Morgan fingerprint density at radius 1 is 1.35 bits per heavy atom. The third-order valence-electron chi connectivity index (χ3n) is 3.20. The standard InChI is InChI=1S/C15H13ClN2O2/c1-8(2)12-13(17-7-18-15(12)19)11-6-9-4-3-5-10(16)14(9)20-11/h3-8H,1-2H3,(H,17,18,19). The zero-order valence-electron chi connectivity index (χ0n) is 11.1. The highest BCUT2D eigenvalue weighted by Crippen LogP contribution is 2.33. The first-order valence-electron chi connectivity index (χ1n) is 6.34. The van der Waals surface area contributed by atoms with Crippen molar-refractivity contribution in [3.05, 3.63) is 51.5 Å². The zero-order valence-corrected chi connectivity index (χ0v) is 11.9. The number of aromatic amines is 1. The second-order valence-electron chi connectivity index (χ2n) is 4.92. The van der Waals surface area contributed by atoms with Gasteiger partial charge in [-0.25, -0.2) is 4.98 Å². The summed E-state index contributed by atoms with van der Waals surface area (Å²) in [5.74, 6) is 0.606. The molecule has 5 heteroatoms. The van der Waals surface area contributed by atoms with E-state index in [1.165, 1.54) is 6.33 Å². The summed E-state index contributed by atoms with van der Waals surface area (Å²) in [5, 5.41) is 1.44. The highest BCUT2D eigenvalue weighted by atomic mass is 35.5. The molecule has 2 heterocycles. The van der Waals surface area contributed by atoms with E-state index in [1.807, 2.05) is 32.0 Å². The third-order valence-corrected chi connectivity index (χ3v) is 3.49. The fourth-order valence-corrected chi connectivity index (χ4v) is 2.51. The molecule has 0 bridgehead atoms. The van der Waals surface area contributed by atoms with Crippen molar-refractivity contribution in [2.75, 3.05) is 0 Å². The number of rotatable bonds is 2. The Kier molecular flexibility index (Phi) is 3.10. The molecule has 0 aliphatic carbocycles. The Labute approximate surface area is 120 Å². The molecule has 3 rings (SSSR count). The maximum Gasteiger partial charge on any atom is 0.254 e. The molecular weight excluding hydrogens is 276 g/mol. The summed E-state index contributed by atoms with van der Waals surface area (Å²) < 4.78 is 5.78. The van der Waals surface area contributed by atoms with E-state index in [0.717, 1.165) is 5.39 Å². The fourth-order valence-electron chi connectivity index (χ4n) is 2.29. The van der Waals surface area contributed by atoms with E-state index in [1.54, 1.807) is 6.07 Å². The Hall–Kier alpha value is -2.07. The van der Waals surface area contributed by atoms with Gasteiger partial charge in [0.15, 0.2) is 11.3 Å². The lowest BCUT2D eigenvalue weighted by molar-refractivity contribution is 0.625. The molecule has 0 amide bonds. The number of halogens is 1. The van der Waals surface area contributed by atoms with Crippen LogP contribution in [0.25, 0.3) is 22.4 Å². The van der Waals surface area contributed by atoms with Gasteiger partial charge in [0, 0.05) is 10.9 Å². The first-order valence-corrected chi connectivity index (χ1v) is 6.71. The van der Waals surface area contributed by atoms with Crippen molar-refractivity contribution < 1.29 is 4.42 Å². The van der Waals surface area contributed by atoms with Crippen LogP contribution in [-0.4, -0.2) is 9.97 Å². The number of nitrogens with zero attached hydrogens (tertiary/aromatic N) is 1. The van der Waals surface area contributed by atoms with Crippen LogP contribution in [0.4, 0.5) is 0 Å². The number of benzene rings is 1. The first kappa shape index (κ1) is 12.9. The van der Waals surface area contributed by atoms with Gasteiger partial charge in [0.05, 0.1) is 11.3 Å². The number of hydrogen-bond acceptors (Lipinski definition) is 3. The second kappa shape index (κ2) is 4.80. The van der Waals surface area contributed by atoms with Gasteiger partial charge in [0.1, 0.15) is 5.69 Å². The lowest BCUT2D eigenvalue weighted by Crippen LogP contribution is -2.16. The Bertz CT molecular complexity index is 833. The number of aromatic nitrogens is 2. The molecule has 0 radical (unpaired) electrons. The number of H-pyrrole nitrogens is 1. The van der Waals surface area contributed by atoms with E-state index in [9.17, 15) is 4.79 Å². The van der Waals surface area contributed by atoms with Gasteiger partial charge in [-0.3, -0.25) is 4.79 Å². The fraction of sp³-hybridized carbons (Fsp3) is 0.200. The van der Waals surface area contributed by atoms with Crippen molar-refractivity contribution in [2.45, 2.75) is 19.8 Å². The minimum absolute atomic E-state index is 0.0473. The van der Waals surface area contributed by atoms with Crippen LogP contribution in [0.2, 0.25) is 5.02 Å². The number of para-hydroxylation sites is 1. The summed E-state index contributed by atoms with van der Waals surface area (Å²) in [4.78, 5) is 18.8. The molecule has 1 aromatic carbocycles. The molecule has 2 aromatic heterocycles. The minimum atomic E-state index is -0.142. The SMILES string of the molecule is CC(C)c1c(-c2cc3cccc(Cl)c3o2)nc[nH]c1=O. The Morgan fingerprint density at radius 2 is 2.15 bits per heavy atom. The molecule has 0 saturated heterocycles.